The molecule has 0 aromatic carbocycles. The van der Waals surface area contributed by atoms with Crippen molar-refractivity contribution in [3.8, 4) is 0 Å². The van der Waals surface area contributed by atoms with E-state index in [1.807, 2.05) is 0 Å². The van der Waals surface area contributed by atoms with E-state index in [1.54, 1.807) is 0 Å². The molecule has 2 atom stereocenters. The standard InChI is InChI=1S/C28H30N2/c1-3-12-24(13-4-1)30(25-14-5-2-6-15-25)26-20-18-23(19-21-26)29-28-17-9-11-22-10-7-8-16-27(22)28/h1,3,5,7,9-12,14-18,20-23,29H,2,4,6,8,13,19H2. The monoisotopic (exact) mass is 394 g/mol. The first-order chi connectivity index (χ1) is 14.9. The van der Waals surface area contributed by atoms with Gasteiger partial charge in [0.1, 0.15) is 0 Å². The maximum atomic E-state index is 3.78. The maximum Gasteiger partial charge on any atom is 0.0483 e. The molecule has 2 nitrogen and oxygen atoms in total. The van der Waals surface area contributed by atoms with Crippen LogP contribution in [0.2, 0.25) is 0 Å². The summed E-state index contributed by atoms with van der Waals surface area (Å²) in [7, 11) is 0. The van der Waals surface area contributed by atoms with Crippen molar-refractivity contribution >= 4 is 0 Å². The quantitative estimate of drug-likeness (QED) is 0.534. The third-order valence-corrected chi connectivity index (χ3v) is 6.26. The van der Waals surface area contributed by atoms with E-state index in [0.717, 1.165) is 38.5 Å². The van der Waals surface area contributed by atoms with Crippen LogP contribution < -0.4 is 5.32 Å². The average Bonchev–Trinajstić information content (AvgIpc) is 2.82. The number of hydrogen-bond donors (Lipinski definition) is 1. The minimum atomic E-state index is 0.330. The van der Waals surface area contributed by atoms with Gasteiger partial charge >= 0.3 is 0 Å². The minimum absolute atomic E-state index is 0.330. The van der Waals surface area contributed by atoms with Crippen LogP contribution in [-0.2, 0) is 0 Å². The summed E-state index contributed by atoms with van der Waals surface area (Å²) in [6.07, 6.45) is 40.8. The molecule has 0 bridgehead atoms. The number of hydrogen-bond acceptors (Lipinski definition) is 2. The second-order valence-corrected chi connectivity index (χ2v) is 8.36. The fraction of sp³-hybridized carbons (Fsp3) is 0.286. The zero-order valence-corrected chi connectivity index (χ0v) is 17.5. The molecule has 0 heterocycles. The van der Waals surface area contributed by atoms with Gasteiger partial charge in [-0.3, -0.25) is 0 Å². The van der Waals surface area contributed by atoms with E-state index in [2.05, 4.69) is 101 Å². The normalized spacial score (nSPS) is 26.9. The van der Waals surface area contributed by atoms with Crippen LogP contribution in [0.4, 0.5) is 0 Å². The first-order valence-electron chi connectivity index (χ1n) is 11.3. The molecule has 0 aromatic rings. The largest absolute Gasteiger partial charge is 0.378 e. The molecule has 0 saturated carbocycles. The van der Waals surface area contributed by atoms with Crippen molar-refractivity contribution in [3.63, 3.8) is 0 Å². The van der Waals surface area contributed by atoms with Crippen LogP contribution in [-0.4, -0.2) is 10.9 Å². The van der Waals surface area contributed by atoms with Gasteiger partial charge in [-0.25, -0.2) is 0 Å². The molecule has 5 aliphatic carbocycles. The molecule has 5 rings (SSSR count). The van der Waals surface area contributed by atoms with Crippen molar-refractivity contribution in [1.82, 2.24) is 10.2 Å². The van der Waals surface area contributed by atoms with E-state index < -0.39 is 0 Å². The average molecular weight is 395 g/mol. The highest BCUT2D eigenvalue weighted by atomic mass is 15.2. The van der Waals surface area contributed by atoms with Crippen LogP contribution in [0.3, 0.4) is 0 Å². The van der Waals surface area contributed by atoms with Gasteiger partial charge in [-0.05, 0) is 68.4 Å². The van der Waals surface area contributed by atoms with Gasteiger partial charge < -0.3 is 10.2 Å². The van der Waals surface area contributed by atoms with Gasteiger partial charge in [-0.2, -0.15) is 0 Å². The van der Waals surface area contributed by atoms with Crippen LogP contribution in [0.15, 0.2) is 120 Å². The highest BCUT2D eigenvalue weighted by Crippen LogP contribution is 2.32. The van der Waals surface area contributed by atoms with E-state index in [-0.39, 0.29) is 0 Å². The Bertz CT molecular complexity index is 988. The van der Waals surface area contributed by atoms with E-state index in [0.29, 0.717) is 12.0 Å². The summed E-state index contributed by atoms with van der Waals surface area (Å²) in [6, 6.07) is 0.330. The highest BCUT2D eigenvalue weighted by Gasteiger charge is 2.22. The number of rotatable bonds is 5. The first kappa shape index (κ1) is 19.0. The summed E-state index contributed by atoms with van der Waals surface area (Å²) in [5.74, 6) is 0.428. The minimum Gasteiger partial charge on any atom is -0.378 e. The van der Waals surface area contributed by atoms with Gasteiger partial charge in [0.25, 0.3) is 0 Å². The molecule has 2 heteroatoms. The molecule has 0 aromatic heterocycles. The second kappa shape index (κ2) is 8.79. The third-order valence-electron chi connectivity index (χ3n) is 6.26. The molecule has 0 saturated heterocycles. The number of allylic oxidation sites excluding steroid dienone is 15. The summed E-state index contributed by atoms with van der Waals surface area (Å²) in [5.41, 5.74) is 6.68. The lowest BCUT2D eigenvalue weighted by Gasteiger charge is -2.34. The van der Waals surface area contributed by atoms with E-state index in [4.69, 9.17) is 0 Å². The van der Waals surface area contributed by atoms with Crippen molar-refractivity contribution in [2.45, 2.75) is 44.6 Å². The fourth-order valence-electron chi connectivity index (χ4n) is 4.72. The SMILES string of the molecule is C1=CCCC(N(C2=CCCC=C2)C2=CCC(NC3=CC=CC4C=CCC=C34)C=C2)=C1. The predicted octanol–water partition coefficient (Wildman–Crippen LogP) is 6.51. The maximum absolute atomic E-state index is 3.78. The Morgan fingerprint density at radius 3 is 2.57 bits per heavy atom. The van der Waals surface area contributed by atoms with Crippen molar-refractivity contribution in [1.29, 1.82) is 0 Å². The number of nitrogens with one attached hydrogen (secondary N) is 1. The van der Waals surface area contributed by atoms with Crippen LogP contribution in [0, 0.1) is 5.92 Å². The first-order valence-corrected chi connectivity index (χ1v) is 11.3. The lowest BCUT2D eigenvalue weighted by Crippen LogP contribution is -2.31. The Labute approximate surface area is 180 Å². The van der Waals surface area contributed by atoms with Gasteiger partial charge in [0, 0.05) is 34.7 Å². The Morgan fingerprint density at radius 1 is 0.800 bits per heavy atom. The second-order valence-electron chi connectivity index (χ2n) is 8.36. The van der Waals surface area contributed by atoms with Gasteiger partial charge in [-0.15, -0.1) is 0 Å². The van der Waals surface area contributed by atoms with Crippen molar-refractivity contribution in [3.05, 3.63) is 120 Å². The Kier molecular flexibility index (Phi) is 5.56. The van der Waals surface area contributed by atoms with E-state index in [1.165, 1.54) is 28.4 Å². The Morgan fingerprint density at radius 2 is 1.77 bits per heavy atom. The molecule has 0 radical (unpaired) electrons. The van der Waals surface area contributed by atoms with Crippen molar-refractivity contribution in [2.75, 3.05) is 0 Å². The van der Waals surface area contributed by atoms with Crippen LogP contribution >= 0.6 is 0 Å². The Balaban J connectivity index is 1.32. The molecule has 0 aliphatic heterocycles. The summed E-state index contributed by atoms with van der Waals surface area (Å²) in [6.45, 7) is 0. The van der Waals surface area contributed by atoms with Crippen LogP contribution in [0.25, 0.3) is 0 Å². The molecular weight excluding hydrogens is 364 g/mol. The number of nitrogens with zero attached hydrogens (tertiary/aromatic N) is 1. The van der Waals surface area contributed by atoms with Crippen molar-refractivity contribution in [2.24, 2.45) is 5.92 Å². The number of fused-ring (bicyclic) bond motifs is 1. The van der Waals surface area contributed by atoms with Crippen LogP contribution in [0.5, 0.6) is 0 Å². The summed E-state index contributed by atoms with van der Waals surface area (Å²) >= 11 is 0. The molecule has 0 fully saturated rings. The molecule has 1 N–H and O–H groups in total. The molecule has 30 heavy (non-hydrogen) atoms. The fourth-order valence-corrected chi connectivity index (χ4v) is 4.72. The zero-order chi connectivity index (χ0) is 20.2. The predicted molar refractivity (Wildman–Crippen MR) is 126 cm³/mol. The zero-order valence-electron chi connectivity index (χ0n) is 17.5. The smallest absolute Gasteiger partial charge is 0.0483 e. The highest BCUT2D eigenvalue weighted by molar-refractivity contribution is 5.46. The molecule has 152 valence electrons. The molecule has 2 unspecified atom stereocenters. The summed E-state index contributed by atoms with van der Waals surface area (Å²) < 4.78 is 0. The van der Waals surface area contributed by atoms with Gasteiger partial charge in [0.15, 0.2) is 0 Å². The molecule has 5 aliphatic rings. The van der Waals surface area contributed by atoms with Crippen molar-refractivity contribution < 1.29 is 0 Å². The lowest BCUT2D eigenvalue weighted by atomic mass is 9.87. The topological polar surface area (TPSA) is 15.3 Å². The van der Waals surface area contributed by atoms with Gasteiger partial charge in [0.05, 0.1) is 0 Å². The van der Waals surface area contributed by atoms with Crippen LogP contribution in [0.1, 0.15) is 38.5 Å². The molecular formula is C28H30N2. The molecule has 0 amide bonds. The molecule has 0 spiro atoms. The summed E-state index contributed by atoms with van der Waals surface area (Å²) in [5, 5.41) is 3.78. The van der Waals surface area contributed by atoms with Gasteiger partial charge in [-0.1, -0.05) is 66.8 Å². The van der Waals surface area contributed by atoms with E-state index >= 15 is 0 Å². The third kappa shape index (κ3) is 4.00. The Hall–Kier alpha value is -3.00. The van der Waals surface area contributed by atoms with Gasteiger partial charge in [0.2, 0.25) is 0 Å². The van der Waals surface area contributed by atoms with E-state index in [9.17, 15) is 0 Å². The summed E-state index contributed by atoms with van der Waals surface area (Å²) in [4.78, 5) is 2.46. The lowest BCUT2D eigenvalue weighted by molar-refractivity contribution is 0.512.